The third-order valence-electron chi connectivity index (χ3n) is 3.51. The summed E-state index contributed by atoms with van der Waals surface area (Å²) < 4.78 is 0. The van der Waals surface area contributed by atoms with Gasteiger partial charge in [-0.25, -0.2) is 9.78 Å². The van der Waals surface area contributed by atoms with Crippen molar-refractivity contribution in [2.24, 2.45) is 5.92 Å². The number of aryl methyl sites for hydroxylation is 1. The summed E-state index contributed by atoms with van der Waals surface area (Å²) >= 11 is 0. The highest BCUT2D eigenvalue weighted by Crippen LogP contribution is 2.21. The molecular formula is C17H23N5O2. The van der Waals surface area contributed by atoms with Crippen molar-refractivity contribution in [1.29, 1.82) is 0 Å². The molecule has 1 aromatic carbocycles. The monoisotopic (exact) mass is 329 g/mol. The molecule has 2 rings (SSSR count). The number of hydrogen-bond acceptors (Lipinski definition) is 3. The Morgan fingerprint density at radius 2 is 2.04 bits per heavy atom. The van der Waals surface area contributed by atoms with Crippen LogP contribution in [0.25, 0.3) is 0 Å². The minimum absolute atomic E-state index is 0.0562. The number of rotatable bonds is 6. The Labute approximate surface area is 141 Å². The second kappa shape index (κ2) is 8.14. The number of nitrogens with one attached hydrogen (secondary N) is 4. The average Bonchev–Trinajstić information content (AvgIpc) is 3.03. The number of aromatic nitrogens is 2. The van der Waals surface area contributed by atoms with Crippen LogP contribution >= 0.6 is 0 Å². The number of hydrogen-bond donors (Lipinski definition) is 4. The van der Waals surface area contributed by atoms with E-state index in [1.807, 2.05) is 26.8 Å². The van der Waals surface area contributed by atoms with Crippen molar-refractivity contribution in [3.05, 3.63) is 42.0 Å². The molecule has 0 saturated carbocycles. The van der Waals surface area contributed by atoms with Crippen molar-refractivity contribution in [3.8, 4) is 0 Å². The molecule has 0 aliphatic carbocycles. The molecule has 7 heteroatoms. The van der Waals surface area contributed by atoms with Crippen LogP contribution in [0, 0.1) is 12.8 Å². The molecule has 0 fully saturated rings. The van der Waals surface area contributed by atoms with Crippen molar-refractivity contribution in [1.82, 2.24) is 15.3 Å². The summed E-state index contributed by atoms with van der Waals surface area (Å²) in [4.78, 5) is 30.7. The Balaban J connectivity index is 1.89. The highest BCUT2D eigenvalue weighted by Gasteiger charge is 2.10. The molecular weight excluding hydrogens is 306 g/mol. The molecule has 0 saturated heterocycles. The van der Waals surface area contributed by atoms with E-state index in [9.17, 15) is 9.59 Å². The van der Waals surface area contributed by atoms with Crippen LogP contribution in [0.15, 0.2) is 30.7 Å². The molecule has 128 valence electrons. The highest BCUT2D eigenvalue weighted by molar-refractivity contribution is 5.95. The van der Waals surface area contributed by atoms with Gasteiger partial charge in [-0.1, -0.05) is 19.9 Å². The van der Waals surface area contributed by atoms with Gasteiger partial charge in [0.05, 0.1) is 6.33 Å². The van der Waals surface area contributed by atoms with E-state index in [0.717, 1.165) is 11.3 Å². The van der Waals surface area contributed by atoms with Gasteiger partial charge in [0, 0.05) is 42.1 Å². The number of nitrogens with zero attached hydrogens (tertiary/aromatic N) is 1. The van der Waals surface area contributed by atoms with Gasteiger partial charge >= 0.3 is 6.03 Å². The fourth-order valence-electron chi connectivity index (χ4n) is 2.02. The Morgan fingerprint density at radius 1 is 1.25 bits per heavy atom. The maximum atomic E-state index is 11.9. The lowest BCUT2D eigenvalue weighted by atomic mass is 10.1. The minimum Gasteiger partial charge on any atom is -0.348 e. The van der Waals surface area contributed by atoms with Gasteiger partial charge < -0.3 is 20.9 Å². The van der Waals surface area contributed by atoms with Gasteiger partial charge in [0.2, 0.25) is 5.91 Å². The Bertz CT molecular complexity index is 695. The molecule has 0 atom stereocenters. The smallest absolute Gasteiger partial charge is 0.319 e. The van der Waals surface area contributed by atoms with Crippen molar-refractivity contribution in [2.45, 2.75) is 27.2 Å². The molecule has 3 amide bonds. The van der Waals surface area contributed by atoms with E-state index in [1.165, 1.54) is 0 Å². The third-order valence-corrected chi connectivity index (χ3v) is 3.51. The van der Waals surface area contributed by atoms with Crippen molar-refractivity contribution in [3.63, 3.8) is 0 Å². The first-order chi connectivity index (χ1) is 11.5. The molecule has 7 nitrogen and oxygen atoms in total. The van der Waals surface area contributed by atoms with Crippen LogP contribution in [-0.2, 0) is 11.2 Å². The number of carbonyl (C=O) groups is 2. The number of anilines is 2. The molecule has 24 heavy (non-hydrogen) atoms. The highest BCUT2D eigenvalue weighted by atomic mass is 16.2. The van der Waals surface area contributed by atoms with Crippen molar-refractivity contribution < 1.29 is 9.59 Å². The van der Waals surface area contributed by atoms with E-state index < -0.39 is 0 Å². The van der Waals surface area contributed by atoms with E-state index >= 15 is 0 Å². The molecule has 0 unspecified atom stereocenters. The normalized spacial score (nSPS) is 10.5. The zero-order chi connectivity index (χ0) is 17.5. The number of imidazole rings is 1. The number of amides is 3. The second-order valence-electron chi connectivity index (χ2n) is 5.88. The van der Waals surface area contributed by atoms with Gasteiger partial charge in [-0.2, -0.15) is 0 Å². The Kier molecular flexibility index (Phi) is 5.95. The molecule has 0 spiro atoms. The molecule has 1 heterocycles. The number of H-pyrrole nitrogens is 1. The van der Waals surface area contributed by atoms with Gasteiger partial charge in [-0.3, -0.25) is 4.79 Å². The fourth-order valence-corrected chi connectivity index (χ4v) is 2.02. The predicted octanol–water partition coefficient (Wildman–Crippen LogP) is 2.68. The maximum absolute atomic E-state index is 11.9. The van der Waals surface area contributed by atoms with E-state index in [0.29, 0.717) is 24.3 Å². The molecule has 0 bridgehead atoms. The van der Waals surface area contributed by atoms with Gasteiger partial charge in [-0.15, -0.1) is 0 Å². The fraction of sp³-hybridized carbons (Fsp3) is 0.353. The zero-order valence-corrected chi connectivity index (χ0v) is 14.1. The molecule has 4 N–H and O–H groups in total. The summed E-state index contributed by atoms with van der Waals surface area (Å²) in [5.41, 5.74) is 3.22. The van der Waals surface area contributed by atoms with Crippen LogP contribution in [0.1, 0.15) is 25.1 Å². The number of aromatic amines is 1. The lowest BCUT2D eigenvalue weighted by Crippen LogP contribution is -2.30. The molecule has 1 aromatic heterocycles. The maximum Gasteiger partial charge on any atom is 0.319 e. The first-order valence-electron chi connectivity index (χ1n) is 7.89. The van der Waals surface area contributed by atoms with E-state index in [1.54, 1.807) is 24.7 Å². The molecule has 0 aliphatic rings. The van der Waals surface area contributed by atoms with Gasteiger partial charge in [0.1, 0.15) is 0 Å². The van der Waals surface area contributed by atoms with Crippen LogP contribution in [0.5, 0.6) is 0 Å². The Hall–Kier alpha value is -2.83. The summed E-state index contributed by atoms with van der Waals surface area (Å²) in [6, 6.07) is 5.12. The van der Waals surface area contributed by atoms with Gasteiger partial charge in [0.25, 0.3) is 0 Å². The van der Waals surface area contributed by atoms with Crippen LogP contribution in [0.2, 0.25) is 0 Å². The van der Waals surface area contributed by atoms with Crippen molar-refractivity contribution in [2.75, 3.05) is 17.2 Å². The lowest BCUT2D eigenvalue weighted by molar-refractivity contribution is -0.118. The first kappa shape index (κ1) is 17.5. The topological polar surface area (TPSA) is 98.9 Å². The summed E-state index contributed by atoms with van der Waals surface area (Å²) in [5.74, 6) is -0.161. The minimum atomic E-state index is -0.292. The van der Waals surface area contributed by atoms with Crippen LogP contribution in [-0.4, -0.2) is 28.5 Å². The summed E-state index contributed by atoms with van der Waals surface area (Å²) in [5, 5.41) is 8.41. The molecule has 0 radical (unpaired) electrons. The van der Waals surface area contributed by atoms with Gasteiger partial charge in [-0.05, 0) is 24.6 Å². The quantitative estimate of drug-likeness (QED) is 0.655. The summed E-state index contributed by atoms with van der Waals surface area (Å²) in [6.07, 6.45) is 4.01. The number of urea groups is 1. The second-order valence-corrected chi connectivity index (χ2v) is 5.88. The summed E-state index contributed by atoms with van der Waals surface area (Å²) in [6.45, 7) is 6.07. The van der Waals surface area contributed by atoms with E-state index in [-0.39, 0.29) is 17.9 Å². The number of benzene rings is 1. The van der Waals surface area contributed by atoms with Crippen LogP contribution in [0.4, 0.5) is 16.2 Å². The van der Waals surface area contributed by atoms with Gasteiger partial charge in [0.15, 0.2) is 0 Å². The van der Waals surface area contributed by atoms with Crippen LogP contribution < -0.4 is 16.0 Å². The molecule has 2 aromatic rings. The van der Waals surface area contributed by atoms with E-state index in [4.69, 9.17) is 0 Å². The molecule has 0 aliphatic heterocycles. The summed E-state index contributed by atoms with van der Waals surface area (Å²) in [7, 11) is 0. The predicted molar refractivity (Wildman–Crippen MR) is 94.0 cm³/mol. The standard InChI is InChI=1S/C17H23N5O2/c1-11(2)16(23)22-15-8-13(5-4-12(15)3)21-17(24)19-7-6-14-9-18-10-20-14/h4-5,8-11H,6-7H2,1-3H3,(H,18,20)(H,22,23)(H2,19,21,24). The SMILES string of the molecule is Cc1ccc(NC(=O)NCCc2cnc[nH]2)cc1NC(=O)C(C)C. The largest absolute Gasteiger partial charge is 0.348 e. The third kappa shape index (κ3) is 5.12. The van der Waals surface area contributed by atoms with Crippen molar-refractivity contribution >= 4 is 23.3 Å². The van der Waals surface area contributed by atoms with E-state index in [2.05, 4.69) is 25.9 Å². The van der Waals surface area contributed by atoms with Crippen LogP contribution in [0.3, 0.4) is 0 Å². The first-order valence-corrected chi connectivity index (χ1v) is 7.89. The average molecular weight is 329 g/mol. The lowest BCUT2D eigenvalue weighted by Gasteiger charge is -2.13. The zero-order valence-electron chi connectivity index (χ0n) is 14.1. The Morgan fingerprint density at radius 3 is 2.71 bits per heavy atom. The number of carbonyl (C=O) groups excluding carboxylic acids is 2.